The lowest BCUT2D eigenvalue weighted by Gasteiger charge is -2.33. The van der Waals surface area contributed by atoms with Crippen molar-refractivity contribution < 1.29 is 28.6 Å². The van der Waals surface area contributed by atoms with Crippen molar-refractivity contribution in [2.75, 3.05) is 13.1 Å². The van der Waals surface area contributed by atoms with Crippen LogP contribution in [0.15, 0.2) is 48.5 Å². The highest BCUT2D eigenvalue weighted by atomic mass is 19.1. The number of carbonyl (C=O) groups excluding carboxylic acids is 1. The number of piperidine rings is 1. The minimum Gasteiger partial charge on any atom is -0.489 e. The topological polar surface area (TPSA) is 102 Å². The van der Waals surface area contributed by atoms with Crippen LogP contribution in [0.3, 0.4) is 0 Å². The van der Waals surface area contributed by atoms with Gasteiger partial charge in [0.15, 0.2) is 6.17 Å². The number of rotatable bonds is 6. The zero-order valence-electron chi connectivity index (χ0n) is 15.1. The van der Waals surface area contributed by atoms with Gasteiger partial charge in [-0.05, 0) is 17.7 Å². The Labute approximate surface area is 161 Å². The van der Waals surface area contributed by atoms with Crippen LogP contribution in [-0.4, -0.2) is 47.4 Å². The number of likely N-dealkylation sites (tertiary alicyclic amines) is 1. The van der Waals surface area contributed by atoms with Crippen LogP contribution >= 0.6 is 0 Å². The van der Waals surface area contributed by atoms with Crippen LogP contribution in [-0.2, 0) is 6.61 Å². The quantitative estimate of drug-likeness (QED) is 0.792. The molecule has 0 saturated carbocycles. The Hall–Kier alpha value is -3.29. The number of amides is 2. The van der Waals surface area contributed by atoms with Crippen LogP contribution in [0.5, 0.6) is 11.5 Å². The number of carboxylic acid groups (broad SMARTS) is 1. The molecule has 3 N–H and O–H groups in total. The first kappa shape index (κ1) is 19.5. The number of hydrogen-bond donors (Lipinski definition) is 2. The summed E-state index contributed by atoms with van der Waals surface area (Å²) < 4.78 is 25.8. The maximum Gasteiger partial charge on any atom is 0.407 e. The number of alkyl halides is 1. The lowest BCUT2D eigenvalue weighted by atomic mass is 10.1. The molecule has 1 aliphatic rings. The summed E-state index contributed by atoms with van der Waals surface area (Å²) in [5.74, 6) is -0.139. The summed E-state index contributed by atoms with van der Waals surface area (Å²) in [5, 5.41) is 8.98. The molecule has 0 unspecified atom stereocenters. The summed E-state index contributed by atoms with van der Waals surface area (Å²) in [4.78, 5) is 23.7. The van der Waals surface area contributed by atoms with Gasteiger partial charge in [-0.2, -0.15) is 0 Å². The number of benzene rings is 2. The Morgan fingerprint density at radius 3 is 2.61 bits per heavy atom. The van der Waals surface area contributed by atoms with Gasteiger partial charge >= 0.3 is 6.09 Å². The van der Waals surface area contributed by atoms with E-state index in [2.05, 4.69) is 0 Å². The molecule has 28 heavy (non-hydrogen) atoms. The van der Waals surface area contributed by atoms with Gasteiger partial charge in [0, 0.05) is 19.0 Å². The fraction of sp³-hybridized carbons (Fsp3) is 0.300. The van der Waals surface area contributed by atoms with Crippen molar-refractivity contribution in [1.82, 2.24) is 4.90 Å². The van der Waals surface area contributed by atoms with E-state index in [0.717, 1.165) is 10.5 Å². The van der Waals surface area contributed by atoms with Crippen LogP contribution in [0, 0.1) is 0 Å². The Balaban J connectivity index is 1.73. The van der Waals surface area contributed by atoms with Crippen molar-refractivity contribution in [1.29, 1.82) is 0 Å². The Kier molecular flexibility index (Phi) is 5.98. The fourth-order valence-electron chi connectivity index (χ4n) is 2.99. The molecule has 2 aromatic carbocycles. The maximum atomic E-state index is 14.4. The van der Waals surface area contributed by atoms with Crippen LogP contribution in [0.25, 0.3) is 0 Å². The van der Waals surface area contributed by atoms with Crippen molar-refractivity contribution >= 4 is 12.0 Å². The SMILES string of the molecule is NC(=O)c1ccc(OCc2ccccc2)cc1O[C@H]1CCN(C(=O)O)C[C@H]1F. The molecule has 8 heteroatoms. The number of carbonyl (C=O) groups is 2. The normalized spacial score (nSPS) is 19.1. The number of ether oxygens (including phenoxy) is 2. The number of halogens is 1. The molecule has 1 heterocycles. The smallest absolute Gasteiger partial charge is 0.407 e. The van der Waals surface area contributed by atoms with Gasteiger partial charge in [0.25, 0.3) is 5.91 Å². The molecule has 2 atom stereocenters. The lowest BCUT2D eigenvalue weighted by molar-refractivity contribution is 0.0244. The number of primary amides is 1. The standard InChI is InChI=1S/C20H21FN2O5/c21-16-11-23(20(25)26)9-8-17(16)28-18-10-14(6-7-15(18)19(22)24)27-12-13-4-2-1-3-5-13/h1-7,10,16-17H,8-9,11-12H2,(H2,22,24)(H,25,26)/t16-,17+/m1/s1. The maximum absolute atomic E-state index is 14.4. The van der Waals surface area contributed by atoms with E-state index in [4.69, 9.17) is 20.3 Å². The Morgan fingerprint density at radius 2 is 1.96 bits per heavy atom. The molecule has 3 rings (SSSR count). The third kappa shape index (κ3) is 4.70. The molecule has 1 saturated heterocycles. The Morgan fingerprint density at radius 1 is 1.21 bits per heavy atom. The van der Waals surface area contributed by atoms with Gasteiger partial charge in [0.2, 0.25) is 0 Å². The van der Waals surface area contributed by atoms with E-state index in [1.54, 1.807) is 6.07 Å². The van der Waals surface area contributed by atoms with Crippen LogP contribution in [0.2, 0.25) is 0 Å². The van der Waals surface area contributed by atoms with Gasteiger partial charge in [-0.1, -0.05) is 30.3 Å². The molecular weight excluding hydrogens is 367 g/mol. The second-order valence-electron chi connectivity index (χ2n) is 6.49. The monoisotopic (exact) mass is 388 g/mol. The average molecular weight is 388 g/mol. The average Bonchev–Trinajstić information content (AvgIpc) is 2.68. The molecule has 2 aromatic rings. The summed E-state index contributed by atoms with van der Waals surface area (Å²) in [6.07, 6.45) is -3.39. The van der Waals surface area contributed by atoms with E-state index >= 15 is 0 Å². The van der Waals surface area contributed by atoms with Gasteiger partial charge in [-0.3, -0.25) is 4.79 Å². The number of hydrogen-bond acceptors (Lipinski definition) is 4. The first-order valence-corrected chi connectivity index (χ1v) is 8.83. The predicted molar refractivity (Wildman–Crippen MR) is 99.3 cm³/mol. The van der Waals surface area contributed by atoms with Crippen LogP contribution in [0.1, 0.15) is 22.3 Å². The molecule has 7 nitrogen and oxygen atoms in total. The zero-order chi connectivity index (χ0) is 20.1. The second kappa shape index (κ2) is 8.60. The molecule has 1 aliphatic heterocycles. The molecule has 0 spiro atoms. The van der Waals surface area contributed by atoms with Crippen LogP contribution < -0.4 is 15.2 Å². The van der Waals surface area contributed by atoms with Crippen LogP contribution in [0.4, 0.5) is 9.18 Å². The van der Waals surface area contributed by atoms with Crippen molar-refractivity contribution in [3.63, 3.8) is 0 Å². The molecule has 148 valence electrons. The van der Waals surface area contributed by atoms with Crippen molar-refractivity contribution in [2.45, 2.75) is 25.3 Å². The predicted octanol–water partition coefficient (Wildman–Crippen LogP) is 2.83. The molecule has 0 aliphatic carbocycles. The van der Waals surface area contributed by atoms with E-state index in [9.17, 15) is 14.0 Å². The lowest BCUT2D eigenvalue weighted by Crippen LogP contribution is -2.48. The first-order chi connectivity index (χ1) is 13.4. The van der Waals surface area contributed by atoms with Crippen molar-refractivity contribution in [2.24, 2.45) is 5.73 Å². The number of nitrogens with two attached hydrogens (primary N) is 1. The second-order valence-corrected chi connectivity index (χ2v) is 6.49. The molecule has 0 radical (unpaired) electrons. The van der Waals surface area contributed by atoms with Gasteiger partial charge in [-0.15, -0.1) is 0 Å². The minimum atomic E-state index is -1.51. The molecule has 0 bridgehead atoms. The summed E-state index contributed by atoms with van der Waals surface area (Å²) in [7, 11) is 0. The van der Waals surface area contributed by atoms with E-state index in [-0.39, 0.29) is 30.8 Å². The molecule has 0 aromatic heterocycles. The van der Waals surface area contributed by atoms with Crippen molar-refractivity contribution in [3.8, 4) is 11.5 Å². The largest absolute Gasteiger partial charge is 0.489 e. The van der Waals surface area contributed by atoms with Gasteiger partial charge < -0.3 is 25.2 Å². The van der Waals surface area contributed by atoms with E-state index in [0.29, 0.717) is 12.4 Å². The van der Waals surface area contributed by atoms with E-state index < -0.39 is 24.3 Å². The molecular formula is C20H21FN2O5. The summed E-state index contributed by atoms with van der Waals surface area (Å²) in [6, 6.07) is 14.1. The summed E-state index contributed by atoms with van der Waals surface area (Å²) in [6.45, 7) is 0.186. The summed E-state index contributed by atoms with van der Waals surface area (Å²) in [5.41, 5.74) is 6.47. The van der Waals surface area contributed by atoms with E-state index in [1.807, 2.05) is 30.3 Å². The number of nitrogens with zero attached hydrogens (tertiary/aromatic N) is 1. The fourth-order valence-corrected chi connectivity index (χ4v) is 2.99. The molecule has 2 amide bonds. The first-order valence-electron chi connectivity index (χ1n) is 8.83. The van der Waals surface area contributed by atoms with Gasteiger partial charge in [0.05, 0.1) is 12.1 Å². The van der Waals surface area contributed by atoms with Gasteiger partial charge in [0.1, 0.15) is 24.2 Å². The molecule has 1 fully saturated rings. The summed E-state index contributed by atoms with van der Waals surface area (Å²) >= 11 is 0. The highest BCUT2D eigenvalue weighted by Gasteiger charge is 2.33. The zero-order valence-corrected chi connectivity index (χ0v) is 15.1. The van der Waals surface area contributed by atoms with E-state index in [1.165, 1.54) is 12.1 Å². The highest BCUT2D eigenvalue weighted by Crippen LogP contribution is 2.29. The minimum absolute atomic E-state index is 0.111. The third-order valence-electron chi connectivity index (χ3n) is 4.50. The van der Waals surface area contributed by atoms with Crippen molar-refractivity contribution in [3.05, 3.63) is 59.7 Å². The van der Waals surface area contributed by atoms with Gasteiger partial charge in [-0.25, -0.2) is 9.18 Å². The third-order valence-corrected chi connectivity index (χ3v) is 4.50. The highest BCUT2D eigenvalue weighted by molar-refractivity contribution is 5.95. The Bertz CT molecular complexity index is 846.